The van der Waals surface area contributed by atoms with Crippen LogP contribution < -0.4 is 15.9 Å². The highest BCUT2D eigenvalue weighted by atomic mass is 32.1. The van der Waals surface area contributed by atoms with Gasteiger partial charge in [0.1, 0.15) is 6.54 Å². The Balaban J connectivity index is 1.30. The van der Waals surface area contributed by atoms with Gasteiger partial charge in [0.25, 0.3) is 0 Å². The number of hydrogen-bond donors (Lipinski definition) is 1. The second-order valence-corrected chi connectivity index (χ2v) is 9.34. The minimum atomic E-state index is -0.393. The fraction of sp³-hybridized carbons (Fsp3) is 0.208. The molecule has 1 amide bonds. The number of anilines is 2. The van der Waals surface area contributed by atoms with Crippen molar-refractivity contribution in [2.24, 2.45) is 0 Å². The quantitative estimate of drug-likeness (QED) is 0.433. The predicted octanol–water partition coefficient (Wildman–Crippen LogP) is 3.01. The molecule has 3 aromatic heterocycles. The molecule has 0 fully saturated rings. The molecule has 9 nitrogen and oxygen atoms in total. The Hall–Kier alpha value is -4.05. The number of nitrogens with zero attached hydrogens (tertiary/aromatic N) is 6. The van der Waals surface area contributed by atoms with Gasteiger partial charge >= 0.3 is 5.69 Å². The summed E-state index contributed by atoms with van der Waals surface area (Å²) < 4.78 is 3.66. The third kappa shape index (κ3) is 3.61. The third-order valence-corrected chi connectivity index (χ3v) is 6.88. The number of rotatable bonds is 4. The average molecular weight is 472 g/mol. The lowest BCUT2D eigenvalue weighted by Gasteiger charge is -2.29. The van der Waals surface area contributed by atoms with Crippen LogP contribution in [0, 0.1) is 6.92 Å². The highest BCUT2D eigenvalue weighted by Crippen LogP contribution is 2.26. The monoisotopic (exact) mass is 471 g/mol. The van der Waals surface area contributed by atoms with Crippen LogP contribution in [0.2, 0.25) is 0 Å². The molecule has 0 bridgehead atoms. The molecule has 1 N–H and O–H groups in total. The van der Waals surface area contributed by atoms with Crippen molar-refractivity contribution in [3.63, 3.8) is 0 Å². The molecule has 34 heavy (non-hydrogen) atoms. The van der Waals surface area contributed by atoms with Gasteiger partial charge in [-0.15, -0.1) is 5.10 Å². The number of amides is 1. The van der Waals surface area contributed by atoms with Crippen molar-refractivity contribution in [3.8, 4) is 0 Å². The van der Waals surface area contributed by atoms with E-state index < -0.39 is 5.69 Å². The van der Waals surface area contributed by atoms with Crippen LogP contribution >= 0.6 is 11.3 Å². The summed E-state index contributed by atoms with van der Waals surface area (Å²) in [4.78, 5) is 37.2. The number of benzene rings is 2. The lowest BCUT2D eigenvalue weighted by atomic mass is 10.0. The van der Waals surface area contributed by atoms with Gasteiger partial charge in [0.05, 0.1) is 10.2 Å². The molecule has 0 saturated carbocycles. The molecule has 10 heteroatoms. The molecule has 0 saturated heterocycles. The van der Waals surface area contributed by atoms with Gasteiger partial charge < -0.3 is 10.2 Å². The SMILES string of the molecule is Cc1cc2nn(CC(=O)Nc3nc4ccccc4s3)c(=O)n2c(N2CCc3ccccc3C2)n1. The molecule has 0 radical (unpaired) electrons. The van der Waals surface area contributed by atoms with E-state index in [-0.39, 0.29) is 12.5 Å². The Labute approximate surface area is 198 Å². The second kappa shape index (κ2) is 8.07. The zero-order chi connectivity index (χ0) is 23.2. The van der Waals surface area contributed by atoms with Crippen molar-refractivity contribution in [2.75, 3.05) is 16.8 Å². The van der Waals surface area contributed by atoms with E-state index in [1.165, 1.54) is 31.5 Å². The number of carbonyl (C=O) groups is 1. The van der Waals surface area contributed by atoms with Gasteiger partial charge in [-0.25, -0.2) is 23.8 Å². The number of nitrogens with one attached hydrogen (secondary N) is 1. The summed E-state index contributed by atoms with van der Waals surface area (Å²) in [6, 6.07) is 17.7. The van der Waals surface area contributed by atoms with E-state index in [4.69, 9.17) is 0 Å². The van der Waals surface area contributed by atoms with Crippen molar-refractivity contribution < 1.29 is 4.79 Å². The largest absolute Gasteiger partial charge is 0.353 e. The van der Waals surface area contributed by atoms with Crippen LogP contribution in [0.5, 0.6) is 0 Å². The maximum absolute atomic E-state index is 13.3. The number of aryl methyl sites for hydroxylation is 1. The van der Waals surface area contributed by atoms with E-state index in [2.05, 4.69) is 37.4 Å². The Kier molecular flexibility index (Phi) is 4.88. The number of fused-ring (bicyclic) bond motifs is 3. The Morgan fingerprint density at radius 3 is 2.74 bits per heavy atom. The van der Waals surface area contributed by atoms with Crippen LogP contribution in [0.3, 0.4) is 0 Å². The molecule has 170 valence electrons. The maximum atomic E-state index is 13.3. The first-order valence-corrected chi connectivity index (χ1v) is 11.8. The first-order chi connectivity index (χ1) is 16.5. The van der Waals surface area contributed by atoms with Gasteiger partial charge in [0.15, 0.2) is 10.8 Å². The van der Waals surface area contributed by atoms with Crippen molar-refractivity contribution >= 4 is 44.2 Å². The topological polar surface area (TPSA) is 97.4 Å². The zero-order valence-corrected chi connectivity index (χ0v) is 19.2. The molecular formula is C24H21N7O2S. The summed E-state index contributed by atoms with van der Waals surface area (Å²) in [6.45, 7) is 3.08. The molecule has 2 aromatic carbocycles. The van der Waals surface area contributed by atoms with Crippen LogP contribution in [0.25, 0.3) is 15.9 Å². The summed E-state index contributed by atoms with van der Waals surface area (Å²) in [6.07, 6.45) is 0.876. The van der Waals surface area contributed by atoms with E-state index in [9.17, 15) is 9.59 Å². The fourth-order valence-corrected chi connectivity index (χ4v) is 5.22. The van der Waals surface area contributed by atoms with Gasteiger partial charge in [0.2, 0.25) is 11.9 Å². The number of para-hydroxylation sites is 1. The van der Waals surface area contributed by atoms with Gasteiger partial charge in [0, 0.05) is 24.8 Å². The van der Waals surface area contributed by atoms with E-state index >= 15 is 0 Å². The van der Waals surface area contributed by atoms with Crippen LogP contribution in [-0.2, 0) is 24.3 Å². The summed E-state index contributed by atoms with van der Waals surface area (Å²) in [7, 11) is 0. The molecule has 1 aliphatic heterocycles. The molecule has 6 rings (SSSR count). The third-order valence-electron chi connectivity index (χ3n) is 5.93. The van der Waals surface area contributed by atoms with E-state index in [0.717, 1.165) is 28.9 Å². The first kappa shape index (κ1) is 20.5. The highest BCUT2D eigenvalue weighted by Gasteiger charge is 2.23. The summed E-state index contributed by atoms with van der Waals surface area (Å²) in [5.74, 6) is 0.190. The van der Waals surface area contributed by atoms with Gasteiger partial charge in [-0.05, 0) is 36.6 Å². The summed E-state index contributed by atoms with van der Waals surface area (Å²) in [5, 5.41) is 7.70. The van der Waals surface area contributed by atoms with Crippen molar-refractivity contribution in [1.82, 2.24) is 24.1 Å². The number of aromatic nitrogens is 5. The smallest absolute Gasteiger partial charge is 0.337 e. The van der Waals surface area contributed by atoms with Crippen molar-refractivity contribution in [1.29, 1.82) is 0 Å². The Bertz CT molecular complexity index is 1580. The summed E-state index contributed by atoms with van der Waals surface area (Å²) in [5.41, 5.74) is 4.20. The van der Waals surface area contributed by atoms with Crippen LogP contribution in [0.4, 0.5) is 11.1 Å². The average Bonchev–Trinajstić information content (AvgIpc) is 3.38. The predicted molar refractivity (Wildman–Crippen MR) is 131 cm³/mol. The Morgan fingerprint density at radius 2 is 1.88 bits per heavy atom. The highest BCUT2D eigenvalue weighted by molar-refractivity contribution is 7.22. The molecule has 1 aliphatic rings. The molecule has 4 heterocycles. The lowest BCUT2D eigenvalue weighted by molar-refractivity contribution is -0.117. The minimum absolute atomic E-state index is 0.211. The van der Waals surface area contributed by atoms with Crippen LogP contribution in [0.1, 0.15) is 16.8 Å². The molecule has 0 atom stereocenters. The molecule has 0 aliphatic carbocycles. The van der Waals surface area contributed by atoms with Crippen molar-refractivity contribution in [2.45, 2.75) is 26.4 Å². The molecular weight excluding hydrogens is 450 g/mol. The number of thiazole rings is 1. The Morgan fingerprint density at radius 1 is 1.09 bits per heavy atom. The minimum Gasteiger partial charge on any atom is -0.337 e. The lowest BCUT2D eigenvalue weighted by Crippen LogP contribution is -2.35. The molecule has 0 unspecified atom stereocenters. The normalized spacial score (nSPS) is 13.4. The molecule has 5 aromatic rings. The maximum Gasteiger partial charge on any atom is 0.353 e. The van der Waals surface area contributed by atoms with E-state index in [0.29, 0.717) is 23.3 Å². The van der Waals surface area contributed by atoms with E-state index in [1.807, 2.05) is 43.3 Å². The van der Waals surface area contributed by atoms with Crippen LogP contribution in [-0.4, -0.2) is 36.6 Å². The van der Waals surface area contributed by atoms with Gasteiger partial charge in [-0.1, -0.05) is 47.7 Å². The summed E-state index contributed by atoms with van der Waals surface area (Å²) >= 11 is 1.39. The van der Waals surface area contributed by atoms with E-state index in [1.54, 1.807) is 6.07 Å². The fourth-order valence-electron chi connectivity index (χ4n) is 4.33. The second-order valence-electron chi connectivity index (χ2n) is 8.31. The number of hydrogen-bond acceptors (Lipinski definition) is 7. The molecule has 0 spiro atoms. The number of carbonyl (C=O) groups excluding carboxylic acids is 1. The standard InChI is InChI=1S/C24H21N7O2S/c1-15-12-20-28-30(14-21(32)27-22-26-18-8-4-5-9-19(18)34-22)24(33)31(20)23(25-15)29-11-10-16-6-2-3-7-17(16)13-29/h2-9,12H,10-11,13-14H2,1H3,(H,26,27,32). The van der Waals surface area contributed by atoms with Crippen LogP contribution in [0.15, 0.2) is 59.4 Å². The van der Waals surface area contributed by atoms with Gasteiger partial charge in [-0.3, -0.25) is 4.79 Å². The first-order valence-electron chi connectivity index (χ1n) is 11.0. The van der Waals surface area contributed by atoms with Crippen molar-refractivity contribution in [3.05, 3.63) is 81.9 Å². The van der Waals surface area contributed by atoms with Gasteiger partial charge in [-0.2, -0.15) is 0 Å². The zero-order valence-electron chi connectivity index (χ0n) is 18.4.